The van der Waals surface area contributed by atoms with Crippen LogP contribution < -0.4 is 5.73 Å². The van der Waals surface area contributed by atoms with Gasteiger partial charge in [0.15, 0.2) is 5.82 Å². The van der Waals surface area contributed by atoms with Gasteiger partial charge in [-0.1, -0.05) is 26.0 Å². The summed E-state index contributed by atoms with van der Waals surface area (Å²) in [5, 5.41) is 17.9. The smallest absolute Gasteiger partial charge is 0.240 e. The monoisotopic (exact) mass is 379 g/mol. The third kappa shape index (κ3) is 3.99. The van der Waals surface area contributed by atoms with Gasteiger partial charge < -0.3 is 20.3 Å². The number of aromatic nitrogens is 3. The van der Waals surface area contributed by atoms with Crippen LogP contribution in [0, 0.1) is 0 Å². The highest BCUT2D eigenvalue weighted by atomic mass is 35.5. The number of aromatic hydroxyl groups is 1. The highest BCUT2D eigenvalue weighted by molar-refractivity contribution is 5.85. The highest BCUT2D eigenvalue weighted by Gasteiger charge is 2.31. The molecule has 1 aliphatic heterocycles. The van der Waals surface area contributed by atoms with Crippen LogP contribution in [-0.2, 0) is 17.8 Å². The molecule has 0 bridgehead atoms. The van der Waals surface area contributed by atoms with Crippen molar-refractivity contribution in [2.75, 3.05) is 6.54 Å². The minimum absolute atomic E-state index is 0. The molecule has 1 aromatic heterocycles. The van der Waals surface area contributed by atoms with Gasteiger partial charge in [0.25, 0.3) is 0 Å². The molecule has 0 spiro atoms. The van der Waals surface area contributed by atoms with E-state index >= 15 is 0 Å². The summed E-state index contributed by atoms with van der Waals surface area (Å²) in [6, 6.07) is 6.29. The van der Waals surface area contributed by atoms with Gasteiger partial charge in [-0.05, 0) is 31.0 Å². The molecule has 0 aliphatic carbocycles. The Morgan fingerprint density at radius 3 is 2.58 bits per heavy atom. The van der Waals surface area contributed by atoms with Crippen molar-refractivity contribution in [3.8, 4) is 5.75 Å². The van der Waals surface area contributed by atoms with Gasteiger partial charge in [-0.25, -0.2) is 0 Å². The number of hydrogen-bond acceptors (Lipinski definition) is 5. The van der Waals surface area contributed by atoms with E-state index < -0.39 is 6.04 Å². The number of nitrogens with zero attached hydrogens (tertiary/aromatic N) is 4. The van der Waals surface area contributed by atoms with Gasteiger partial charge in [-0.15, -0.1) is 22.6 Å². The summed E-state index contributed by atoms with van der Waals surface area (Å²) in [5.41, 5.74) is 7.07. The number of rotatable bonds is 4. The molecule has 142 valence electrons. The van der Waals surface area contributed by atoms with Gasteiger partial charge in [0.05, 0.1) is 18.6 Å². The van der Waals surface area contributed by atoms with Crippen molar-refractivity contribution < 1.29 is 9.90 Å². The molecule has 2 aromatic rings. The maximum absolute atomic E-state index is 12.8. The van der Waals surface area contributed by atoms with Gasteiger partial charge in [-0.3, -0.25) is 4.79 Å². The van der Waals surface area contributed by atoms with Crippen LogP contribution in [-0.4, -0.2) is 43.3 Å². The molecule has 1 amide bonds. The van der Waals surface area contributed by atoms with Crippen LogP contribution in [0.2, 0.25) is 0 Å². The van der Waals surface area contributed by atoms with Crippen LogP contribution in [0.15, 0.2) is 24.3 Å². The van der Waals surface area contributed by atoms with Crippen molar-refractivity contribution in [1.82, 2.24) is 19.7 Å². The average molecular weight is 380 g/mol. The van der Waals surface area contributed by atoms with Crippen LogP contribution in [0.5, 0.6) is 5.75 Å². The van der Waals surface area contributed by atoms with E-state index in [9.17, 15) is 9.90 Å². The summed E-state index contributed by atoms with van der Waals surface area (Å²) >= 11 is 0. The maximum Gasteiger partial charge on any atom is 0.240 e. The largest absolute Gasteiger partial charge is 0.508 e. The zero-order chi connectivity index (χ0) is 18.1. The fourth-order valence-electron chi connectivity index (χ4n) is 3.33. The Morgan fingerprint density at radius 2 is 1.96 bits per heavy atom. The summed E-state index contributed by atoms with van der Waals surface area (Å²) < 4.78 is 2.14. The van der Waals surface area contributed by atoms with Crippen molar-refractivity contribution in [1.29, 1.82) is 0 Å². The number of fused-ring (bicyclic) bond motifs is 1. The maximum atomic E-state index is 12.8. The second-order valence-electron chi connectivity index (χ2n) is 7.04. The molecular formula is C18H26ClN5O2. The first kappa shape index (κ1) is 20.2. The molecule has 8 heteroatoms. The second-order valence-corrected chi connectivity index (χ2v) is 7.04. The lowest BCUT2D eigenvalue weighted by atomic mass is 10.0. The van der Waals surface area contributed by atoms with Crippen molar-refractivity contribution in [2.24, 2.45) is 5.73 Å². The summed E-state index contributed by atoms with van der Waals surface area (Å²) in [6.45, 7) is 7.30. The van der Waals surface area contributed by atoms with Gasteiger partial charge >= 0.3 is 0 Å². The van der Waals surface area contributed by atoms with Crippen LogP contribution >= 0.6 is 12.4 Å². The van der Waals surface area contributed by atoms with Crippen molar-refractivity contribution in [3.05, 3.63) is 41.5 Å². The first-order valence-corrected chi connectivity index (χ1v) is 8.62. The number of benzene rings is 1. The molecule has 26 heavy (non-hydrogen) atoms. The number of nitrogens with two attached hydrogens (primary N) is 1. The van der Waals surface area contributed by atoms with E-state index in [1.54, 1.807) is 29.2 Å². The van der Waals surface area contributed by atoms with E-state index in [0.29, 0.717) is 25.4 Å². The molecular weight excluding hydrogens is 354 g/mol. The summed E-state index contributed by atoms with van der Waals surface area (Å²) in [4.78, 5) is 14.5. The molecule has 1 aromatic carbocycles. The Hall–Kier alpha value is -2.12. The third-order valence-corrected chi connectivity index (χ3v) is 4.59. The molecule has 3 rings (SSSR count). The fourth-order valence-corrected chi connectivity index (χ4v) is 3.33. The number of amides is 1. The Bertz CT molecular complexity index is 759. The number of carbonyl (C=O) groups excluding carboxylic acids is 1. The van der Waals surface area contributed by atoms with Crippen molar-refractivity contribution >= 4 is 18.3 Å². The minimum atomic E-state index is -0.615. The van der Waals surface area contributed by atoms with E-state index in [4.69, 9.17) is 5.73 Å². The van der Waals surface area contributed by atoms with Crippen molar-refractivity contribution in [2.45, 2.75) is 51.7 Å². The van der Waals surface area contributed by atoms with Gasteiger partial charge in [0.1, 0.15) is 11.6 Å². The van der Waals surface area contributed by atoms with Crippen LogP contribution in [0.4, 0.5) is 0 Å². The van der Waals surface area contributed by atoms with Crippen LogP contribution in [0.1, 0.15) is 49.9 Å². The molecule has 7 nitrogen and oxygen atoms in total. The number of carbonyl (C=O) groups is 1. The molecule has 0 saturated carbocycles. The van der Waals surface area contributed by atoms with Crippen LogP contribution in [0.25, 0.3) is 0 Å². The number of phenolic OH excluding ortho intramolecular Hbond substituents is 1. The Kier molecular flexibility index (Phi) is 6.26. The molecule has 3 N–H and O–H groups in total. The first-order valence-electron chi connectivity index (χ1n) is 8.62. The highest BCUT2D eigenvalue weighted by Crippen LogP contribution is 2.25. The Balaban J connectivity index is 0.00000243. The topological polar surface area (TPSA) is 97.3 Å². The number of hydrogen-bond donors (Lipinski definition) is 2. The Labute approximate surface area is 159 Å². The average Bonchev–Trinajstić information content (AvgIpc) is 3.01. The molecule has 1 aliphatic rings. The van der Waals surface area contributed by atoms with E-state index in [0.717, 1.165) is 17.2 Å². The van der Waals surface area contributed by atoms with E-state index in [1.165, 1.54) is 0 Å². The minimum Gasteiger partial charge on any atom is -0.508 e. The molecule has 0 fully saturated rings. The molecule has 0 radical (unpaired) electrons. The SMILES string of the molecule is CC(C)c1nnc2n1[C@@H](C)CN(C(=O)[C@@H](N)Cc1ccc(O)cc1)C2.Cl. The molecule has 0 saturated heterocycles. The summed E-state index contributed by atoms with van der Waals surface area (Å²) in [5.74, 6) is 2.19. The molecule has 2 heterocycles. The lowest BCUT2D eigenvalue weighted by Gasteiger charge is -2.34. The quantitative estimate of drug-likeness (QED) is 0.846. The normalized spacial score (nSPS) is 17.6. The molecule has 2 atom stereocenters. The van der Waals surface area contributed by atoms with E-state index in [-0.39, 0.29) is 30.1 Å². The van der Waals surface area contributed by atoms with Gasteiger partial charge in [0.2, 0.25) is 5.91 Å². The lowest BCUT2D eigenvalue weighted by Crippen LogP contribution is -2.48. The van der Waals surface area contributed by atoms with Crippen molar-refractivity contribution in [3.63, 3.8) is 0 Å². The number of phenols is 1. The van der Waals surface area contributed by atoms with E-state index in [1.807, 2.05) is 0 Å². The van der Waals surface area contributed by atoms with Gasteiger partial charge in [-0.2, -0.15) is 0 Å². The second kappa shape index (κ2) is 8.05. The number of halogens is 1. The van der Waals surface area contributed by atoms with Gasteiger partial charge in [0, 0.05) is 12.5 Å². The predicted molar refractivity (Wildman–Crippen MR) is 101 cm³/mol. The first-order chi connectivity index (χ1) is 11.9. The zero-order valence-corrected chi connectivity index (χ0v) is 16.1. The molecule has 0 unspecified atom stereocenters. The lowest BCUT2D eigenvalue weighted by molar-refractivity contribution is -0.134. The Morgan fingerprint density at radius 1 is 1.31 bits per heavy atom. The standard InChI is InChI=1S/C18H25N5O2.ClH/c1-11(2)17-21-20-16-10-22(9-12(3)23(16)17)18(25)15(19)8-13-4-6-14(24)7-5-13;/h4-7,11-12,15,24H,8-10,19H2,1-3H3;1H/t12-,15-;/m0./s1. The van der Waals surface area contributed by atoms with Crippen LogP contribution in [0.3, 0.4) is 0 Å². The fraction of sp³-hybridized carbons (Fsp3) is 0.500. The third-order valence-electron chi connectivity index (χ3n) is 4.59. The summed E-state index contributed by atoms with van der Waals surface area (Å²) in [7, 11) is 0. The zero-order valence-electron chi connectivity index (χ0n) is 15.3. The van der Waals surface area contributed by atoms with E-state index in [2.05, 4.69) is 35.5 Å². The predicted octanol–water partition coefficient (Wildman–Crippen LogP) is 2.00. The summed E-state index contributed by atoms with van der Waals surface area (Å²) in [6.07, 6.45) is 0.438.